The van der Waals surface area contributed by atoms with E-state index in [4.69, 9.17) is 17.2 Å². The summed E-state index contributed by atoms with van der Waals surface area (Å²) in [5, 5.41) is 0. The van der Waals surface area contributed by atoms with E-state index in [1.807, 2.05) is 0 Å². The van der Waals surface area contributed by atoms with E-state index in [1.165, 1.54) is 0 Å². The second-order valence-corrected chi connectivity index (χ2v) is 2.36. The molecule has 0 aliphatic heterocycles. The first kappa shape index (κ1) is 14.3. The molecule has 0 rings (SSSR count). The zero-order valence-corrected chi connectivity index (χ0v) is 7.07. The Morgan fingerprint density at radius 3 is 2.38 bits per heavy atom. The van der Waals surface area contributed by atoms with Crippen molar-refractivity contribution in [1.82, 2.24) is 0 Å². The molecule has 0 aromatic rings. The van der Waals surface area contributed by atoms with Crippen LogP contribution in [0.1, 0.15) is 12.8 Å². The minimum absolute atomic E-state index is 0. The quantitative estimate of drug-likeness (QED) is 0.227. The van der Waals surface area contributed by atoms with Gasteiger partial charge in [-0.3, -0.25) is 14.5 Å². The van der Waals surface area contributed by atoms with Gasteiger partial charge in [0.25, 0.3) is 0 Å². The zero-order chi connectivity index (χ0) is 9.56. The lowest BCUT2D eigenvalue weighted by Gasteiger charge is -2.02. The van der Waals surface area contributed by atoms with Gasteiger partial charge in [-0.1, -0.05) is 0 Å². The molecule has 0 aromatic heterocycles. The lowest BCUT2D eigenvalue weighted by Crippen LogP contribution is -2.27. The average Bonchev–Trinajstić information content (AvgIpc) is 1.97. The Morgan fingerprint density at radius 1 is 1.46 bits per heavy atom. The Hall–Kier alpha value is -1.24. The molecule has 0 aliphatic rings. The molecule has 0 fully saturated rings. The number of guanidine groups is 1. The van der Waals surface area contributed by atoms with Gasteiger partial charge in [0.1, 0.15) is 0 Å². The summed E-state index contributed by atoms with van der Waals surface area (Å²) in [4.78, 5) is 13.6. The number of nitrogens with two attached hydrogens (primary N) is 3. The van der Waals surface area contributed by atoms with Gasteiger partial charge in [0.2, 0.25) is 0 Å². The highest BCUT2D eigenvalue weighted by Gasteiger charge is 2.10. The normalized spacial score (nSPS) is 11.2. The first-order valence-corrected chi connectivity index (χ1v) is 3.54. The van der Waals surface area contributed by atoms with E-state index in [2.05, 4.69) is 4.99 Å². The van der Waals surface area contributed by atoms with E-state index in [-0.39, 0.29) is 17.1 Å². The fraction of sp³-hybridized carbons (Fsp3) is 0.667. The minimum Gasteiger partial charge on any atom is -0.370 e. The van der Waals surface area contributed by atoms with Crippen LogP contribution in [-0.4, -0.2) is 24.6 Å². The largest absolute Gasteiger partial charge is 0.370 e. The molecule has 6 N–H and O–H groups in total. The Morgan fingerprint density at radius 2 is 2.00 bits per heavy atom. The van der Waals surface area contributed by atoms with E-state index < -0.39 is 12.1 Å². The van der Waals surface area contributed by atoms with Gasteiger partial charge in [-0.25, -0.2) is 0 Å². The van der Waals surface area contributed by atoms with Crippen molar-refractivity contribution < 1.29 is 13.9 Å². The highest BCUT2D eigenvalue weighted by Crippen LogP contribution is 1.96. The monoisotopic (exact) mass is 196 g/mol. The van der Waals surface area contributed by atoms with E-state index in [9.17, 15) is 9.18 Å². The van der Waals surface area contributed by atoms with Crippen LogP contribution in [0, 0.1) is 0 Å². The van der Waals surface area contributed by atoms with Crippen LogP contribution in [0.4, 0.5) is 9.09 Å². The number of nitrogens with zero attached hydrogens (tertiary/aromatic N) is 1. The zero-order valence-electron chi connectivity index (χ0n) is 7.07. The molecule has 0 aromatic carbocycles. The van der Waals surface area contributed by atoms with E-state index in [1.54, 1.807) is 0 Å². The van der Waals surface area contributed by atoms with Crippen molar-refractivity contribution in [3.63, 3.8) is 0 Å². The Kier molecular flexibility index (Phi) is 8.15. The van der Waals surface area contributed by atoms with Crippen molar-refractivity contribution in [1.29, 1.82) is 0 Å². The molecule has 0 saturated heterocycles. The number of aliphatic imine (C=N–C) groups is 1. The number of carbonyl (C=O) groups excluding carboxylic acids is 1. The number of hydrogen-bond donors (Lipinski definition) is 3. The van der Waals surface area contributed by atoms with E-state index >= 15 is 0 Å². The third kappa shape index (κ3) is 8.67. The molecule has 13 heavy (non-hydrogen) atoms. The fourth-order valence-corrected chi connectivity index (χ4v) is 0.633. The Bertz CT molecular complexity index is 181. The maximum absolute atomic E-state index is 11.8. The van der Waals surface area contributed by atoms with Gasteiger partial charge in [0.05, 0.1) is 6.04 Å². The second-order valence-electron chi connectivity index (χ2n) is 2.36. The molecule has 0 aliphatic carbocycles. The molecule has 0 spiro atoms. The van der Waals surface area contributed by atoms with Crippen LogP contribution in [0.2, 0.25) is 0 Å². The third-order valence-corrected chi connectivity index (χ3v) is 1.26. The predicted molar refractivity (Wildman–Crippen MR) is 46.5 cm³/mol. The number of carbonyl (C=O) groups is 1. The SMILES string of the molecule is F.NC(N)=NCCC[C@H](N)C(=O)F. The van der Waals surface area contributed by atoms with Crippen molar-refractivity contribution in [3.05, 3.63) is 0 Å². The summed E-state index contributed by atoms with van der Waals surface area (Å²) in [5.74, 6) is -0.0184. The van der Waals surface area contributed by atoms with Gasteiger partial charge in [-0.15, -0.1) is 0 Å². The molecule has 5 nitrogen and oxygen atoms in total. The van der Waals surface area contributed by atoms with Crippen molar-refractivity contribution in [2.45, 2.75) is 18.9 Å². The first-order valence-electron chi connectivity index (χ1n) is 3.54. The summed E-state index contributed by atoms with van der Waals surface area (Å²) in [6.07, 6.45) is 0.751. The minimum atomic E-state index is -1.50. The molecule has 0 radical (unpaired) electrons. The first-order chi connectivity index (χ1) is 5.54. The van der Waals surface area contributed by atoms with Crippen LogP contribution in [0.25, 0.3) is 0 Å². The summed E-state index contributed by atoms with van der Waals surface area (Å²) in [6.45, 7) is 0.364. The maximum atomic E-state index is 11.8. The van der Waals surface area contributed by atoms with Gasteiger partial charge < -0.3 is 17.2 Å². The summed E-state index contributed by atoms with van der Waals surface area (Å²) in [6, 6.07) is -2.54. The fourth-order valence-electron chi connectivity index (χ4n) is 0.633. The summed E-state index contributed by atoms with van der Waals surface area (Å²) < 4.78 is 11.8. The number of halogens is 2. The number of hydrogen-bond acceptors (Lipinski definition) is 3. The van der Waals surface area contributed by atoms with Gasteiger partial charge in [0, 0.05) is 6.54 Å². The lowest BCUT2D eigenvalue weighted by molar-refractivity contribution is -0.130. The van der Waals surface area contributed by atoms with Crippen molar-refractivity contribution in [3.8, 4) is 0 Å². The smallest absolute Gasteiger partial charge is 0.318 e. The Balaban J connectivity index is 0. The second kappa shape index (κ2) is 7.41. The predicted octanol–water partition coefficient (Wildman–Crippen LogP) is -0.984. The maximum Gasteiger partial charge on any atom is 0.318 e. The van der Waals surface area contributed by atoms with Crippen molar-refractivity contribution in [2.24, 2.45) is 22.2 Å². The molecular weight excluding hydrogens is 182 g/mol. The average molecular weight is 196 g/mol. The van der Waals surface area contributed by atoms with Crippen LogP contribution in [-0.2, 0) is 4.79 Å². The van der Waals surface area contributed by atoms with Crippen LogP contribution >= 0.6 is 0 Å². The van der Waals surface area contributed by atoms with Crippen molar-refractivity contribution >= 4 is 12.0 Å². The molecule has 0 bridgehead atoms. The number of rotatable bonds is 5. The molecule has 0 amide bonds. The topological polar surface area (TPSA) is 107 Å². The molecular formula is C6H14F2N4O. The van der Waals surface area contributed by atoms with Crippen LogP contribution in [0.15, 0.2) is 4.99 Å². The van der Waals surface area contributed by atoms with Crippen LogP contribution in [0.3, 0.4) is 0 Å². The third-order valence-electron chi connectivity index (χ3n) is 1.26. The van der Waals surface area contributed by atoms with E-state index in [0.717, 1.165) is 0 Å². The highest BCUT2D eigenvalue weighted by molar-refractivity contribution is 5.75. The summed E-state index contributed by atoms with van der Waals surface area (Å²) in [7, 11) is 0. The molecule has 0 unspecified atom stereocenters. The Labute approximate surface area is 74.5 Å². The van der Waals surface area contributed by atoms with Gasteiger partial charge in [-0.2, -0.15) is 4.39 Å². The van der Waals surface area contributed by atoms with Gasteiger partial charge in [-0.05, 0) is 12.8 Å². The van der Waals surface area contributed by atoms with E-state index in [0.29, 0.717) is 13.0 Å². The molecule has 0 heterocycles. The van der Waals surface area contributed by atoms with Crippen molar-refractivity contribution in [2.75, 3.05) is 6.54 Å². The van der Waals surface area contributed by atoms with Gasteiger partial charge in [0.15, 0.2) is 5.96 Å². The summed E-state index contributed by atoms with van der Waals surface area (Å²) in [5.41, 5.74) is 15.1. The lowest BCUT2D eigenvalue weighted by atomic mass is 10.2. The summed E-state index contributed by atoms with van der Waals surface area (Å²) >= 11 is 0. The van der Waals surface area contributed by atoms with Crippen LogP contribution in [0.5, 0.6) is 0 Å². The molecule has 78 valence electrons. The molecule has 1 atom stereocenters. The highest BCUT2D eigenvalue weighted by atomic mass is 19.1. The van der Waals surface area contributed by atoms with Gasteiger partial charge >= 0.3 is 6.04 Å². The molecule has 7 heteroatoms. The van der Waals surface area contributed by atoms with Crippen LogP contribution < -0.4 is 17.2 Å². The molecule has 0 saturated carbocycles. The standard InChI is InChI=1S/C6H13FN4O.FH/c7-5(12)4(8)2-1-3-11-6(9)10;/h4H,1-3,8H2,(H4,9,10,11);1H/t4-;/m0./s1.